The fraction of sp³-hybridized carbons (Fsp3) is 0.600. The minimum atomic E-state index is -0.156. The van der Waals surface area contributed by atoms with Crippen molar-refractivity contribution >= 4 is 5.97 Å². The van der Waals surface area contributed by atoms with Crippen molar-refractivity contribution in [2.75, 3.05) is 7.11 Å². The maximum absolute atomic E-state index is 11.0. The number of carbonyl (C=O) groups excluding carboxylic acids is 1. The molecule has 0 saturated carbocycles. The standard InChI is InChI=1S/C10H17N2O2.BrH/c1-4-12-8-11(2)7-9(12)5-6-10(13)14-3;/h7-8H,4-6H2,1-3H3;1H/q+1;/p-1. The van der Waals surface area contributed by atoms with E-state index >= 15 is 0 Å². The van der Waals surface area contributed by atoms with Gasteiger partial charge < -0.3 is 21.7 Å². The van der Waals surface area contributed by atoms with E-state index in [2.05, 4.69) is 16.2 Å². The van der Waals surface area contributed by atoms with E-state index in [-0.39, 0.29) is 23.0 Å². The van der Waals surface area contributed by atoms with E-state index in [1.807, 2.05) is 24.1 Å². The van der Waals surface area contributed by atoms with Gasteiger partial charge in [-0.25, -0.2) is 9.13 Å². The molecule has 4 nitrogen and oxygen atoms in total. The molecule has 15 heavy (non-hydrogen) atoms. The Kier molecular flexibility index (Phi) is 6.24. The number of halogens is 1. The van der Waals surface area contributed by atoms with Crippen LogP contribution in [0.15, 0.2) is 12.5 Å². The molecular formula is C10H17BrN2O2. The Morgan fingerprint density at radius 3 is 2.80 bits per heavy atom. The quantitative estimate of drug-likeness (QED) is 0.448. The fourth-order valence-electron chi connectivity index (χ4n) is 1.46. The van der Waals surface area contributed by atoms with Gasteiger partial charge >= 0.3 is 5.97 Å². The molecule has 0 amide bonds. The van der Waals surface area contributed by atoms with Crippen molar-refractivity contribution in [2.24, 2.45) is 7.05 Å². The molecule has 0 saturated heterocycles. The van der Waals surface area contributed by atoms with Crippen LogP contribution in [0.25, 0.3) is 0 Å². The fourth-order valence-corrected chi connectivity index (χ4v) is 1.46. The number of methoxy groups -OCH3 is 1. The summed E-state index contributed by atoms with van der Waals surface area (Å²) >= 11 is 0. The molecule has 0 radical (unpaired) electrons. The summed E-state index contributed by atoms with van der Waals surface area (Å²) in [5, 5.41) is 0. The van der Waals surface area contributed by atoms with Crippen LogP contribution in [0.3, 0.4) is 0 Å². The van der Waals surface area contributed by atoms with Crippen LogP contribution in [0.4, 0.5) is 0 Å². The summed E-state index contributed by atoms with van der Waals surface area (Å²) in [6.07, 6.45) is 5.24. The third kappa shape index (κ3) is 4.03. The monoisotopic (exact) mass is 276 g/mol. The molecule has 86 valence electrons. The summed E-state index contributed by atoms with van der Waals surface area (Å²) in [5.41, 5.74) is 1.17. The molecule has 0 atom stereocenters. The van der Waals surface area contributed by atoms with Crippen molar-refractivity contribution in [3.05, 3.63) is 18.2 Å². The first kappa shape index (κ1) is 14.2. The first-order chi connectivity index (χ1) is 6.67. The van der Waals surface area contributed by atoms with E-state index in [0.29, 0.717) is 6.42 Å². The molecule has 1 heterocycles. The summed E-state index contributed by atoms with van der Waals surface area (Å²) in [6, 6.07) is 0. The van der Waals surface area contributed by atoms with E-state index in [0.717, 1.165) is 13.0 Å². The van der Waals surface area contributed by atoms with Crippen molar-refractivity contribution in [2.45, 2.75) is 26.3 Å². The minimum absolute atomic E-state index is 0. The first-order valence-corrected chi connectivity index (χ1v) is 4.78. The highest BCUT2D eigenvalue weighted by Gasteiger charge is 2.11. The molecule has 1 rings (SSSR count). The van der Waals surface area contributed by atoms with Gasteiger partial charge in [0.2, 0.25) is 6.33 Å². The zero-order valence-corrected chi connectivity index (χ0v) is 11.0. The minimum Gasteiger partial charge on any atom is -1.00 e. The molecule has 0 aliphatic carbocycles. The van der Waals surface area contributed by atoms with Crippen LogP contribution in [-0.2, 0) is 29.5 Å². The van der Waals surface area contributed by atoms with Crippen LogP contribution in [0.2, 0.25) is 0 Å². The molecule has 1 aromatic rings. The third-order valence-corrected chi connectivity index (χ3v) is 2.20. The molecule has 0 unspecified atom stereocenters. The lowest BCUT2D eigenvalue weighted by atomic mass is 10.2. The largest absolute Gasteiger partial charge is 1.00 e. The number of rotatable bonds is 4. The average molecular weight is 277 g/mol. The Balaban J connectivity index is 0.00000196. The number of aromatic nitrogens is 2. The van der Waals surface area contributed by atoms with Gasteiger partial charge in [-0.1, -0.05) is 0 Å². The van der Waals surface area contributed by atoms with E-state index in [1.165, 1.54) is 12.8 Å². The van der Waals surface area contributed by atoms with Gasteiger partial charge in [-0.15, -0.1) is 0 Å². The van der Waals surface area contributed by atoms with Crippen molar-refractivity contribution in [1.82, 2.24) is 4.57 Å². The second kappa shape index (κ2) is 6.61. The summed E-state index contributed by atoms with van der Waals surface area (Å²) in [4.78, 5) is 11.0. The number of ether oxygens (including phenoxy) is 1. The van der Waals surface area contributed by atoms with Gasteiger partial charge in [0, 0.05) is 6.42 Å². The van der Waals surface area contributed by atoms with Gasteiger partial charge in [-0.2, -0.15) is 0 Å². The lowest BCUT2D eigenvalue weighted by Gasteiger charge is -1.97. The molecule has 0 spiro atoms. The van der Waals surface area contributed by atoms with Crippen LogP contribution in [0.5, 0.6) is 0 Å². The maximum atomic E-state index is 11.0. The lowest BCUT2D eigenvalue weighted by Crippen LogP contribution is -3.00. The molecule has 1 aromatic heterocycles. The van der Waals surface area contributed by atoms with Gasteiger partial charge in [0.25, 0.3) is 0 Å². The number of hydrogen-bond acceptors (Lipinski definition) is 2. The first-order valence-electron chi connectivity index (χ1n) is 4.78. The highest BCUT2D eigenvalue weighted by Crippen LogP contribution is 2.02. The van der Waals surface area contributed by atoms with Gasteiger partial charge in [0.1, 0.15) is 11.9 Å². The highest BCUT2D eigenvalue weighted by atomic mass is 79.9. The van der Waals surface area contributed by atoms with Gasteiger partial charge in [-0.05, 0) is 6.92 Å². The SMILES string of the molecule is CCn1c[n+](C)cc1CCC(=O)OC.[Br-]. The van der Waals surface area contributed by atoms with Gasteiger partial charge in [-0.3, -0.25) is 4.79 Å². The topological polar surface area (TPSA) is 35.1 Å². The predicted octanol–water partition coefficient (Wildman–Crippen LogP) is -2.56. The Morgan fingerprint density at radius 2 is 2.27 bits per heavy atom. The average Bonchev–Trinajstić information content (AvgIpc) is 2.55. The zero-order chi connectivity index (χ0) is 10.6. The van der Waals surface area contributed by atoms with Crippen molar-refractivity contribution < 1.29 is 31.1 Å². The summed E-state index contributed by atoms with van der Waals surface area (Å²) in [5.74, 6) is -0.156. The maximum Gasteiger partial charge on any atom is 0.305 e. The Labute approximate surface area is 101 Å². The van der Waals surface area contributed by atoms with Gasteiger partial charge in [0.05, 0.1) is 27.1 Å². The number of hydrogen-bond donors (Lipinski definition) is 0. The summed E-state index contributed by atoms with van der Waals surface area (Å²) in [7, 11) is 3.40. The second-order valence-electron chi connectivity index (χ2n) is 3.26. The van der Waals surface area contributed by atoms with E-state index in [1.54, 1.807) is 0 Å². The predicted molar refractivity (Wildman–Crippen MR) is 51.6 cm³/mol. The Bertz CT molecular complexity index is 323. The molecular weight excluding hydrogens is 260 g/mol. The molecule has 0 aromatic carbocycles. The van der Waals surface area contributed by atoms with Crippen LogP contribution in [0.1, 0.15) is 19.0 Å². The number of carbonyl (C=O) groups is 1. The zero-order valence-electron chi connectivity index (χ0n) is 9.36. The molecule has 0 aliphatic rings. The number of nitrogens with zero attached hydrogens (tertiary/aromatic N) is 2. The second-order valence-corrected chi connectivity index (χ2v) is 3.26. The summed E-state index contributed by atoms with van der Waals surface area (Å²) < 4.78 is 8.72. The van der Waals surface area contributed by atoms with Gasteiger partial charge in [0.15, 0.2) is 0 Å². The number of imidazole rings is 1. The highest BCUT2D eigenvalue weighted by molar-refractivity contribution is 5.69. The van der Waals surface area contributed by atoms with Crippen LogP contribution < -0.4 is 21.5 Å². The molecule has 0 aliphatic heterocycles. The third-order valence-electron chi connectivity index (χ3n) is 2.20. The van der Waals surface area contributed by atoms with E-state index < -0.39 is 0 Å². The number of aryl methyl sites for hydroxylation is 3. The lowest BCUT2D eigenvalue weighted by molar-refractivity contribution is -0.671. The molecule has 0 N–H and O–H groups in total. The Morgan fingerprint density at radius 1 is 1.60 bits per heavy atom. The molecule has 5 heteroatoms. The van der Waals surface area contributed by atoms with Crippen molar-refractivity contribution in [1.29, 1.82) is 0 Å². The van der Waals surface area contributed by atoms with Crippen LogP contribution in [0, 0.1) is 0 Å². The molecule has 0 bridgehead atoms. The molecule has 0 fully saturated rings. The normalized spacial score (nSPS) is 9.53. The van der Waals surface area contributed by atoms with Crippen molar-refractivity contribution in [3.8, 4) is 0 Å². The Hall–Kier alpha value is -0.840. The van der Waals surface area contributed by atoms with E-state index in [4.69, 9.17) is 0 Å². The van der Waals surface area contributed by atoms with Crippen molar-refractivity contribution in [3.63, 3.8) is 0 Å². The van der Waals surface area contributed by atoms with E-state index in [9.17, 15) is 4.79 Å². The summed E-state index contributed by atoms with van der Waals surface area (Å²) in [6.45, 7) is 3.01. The number of esters is 1. The van der Waals surface area contributed by atoms with Crippen LogP contribution in [-0.4, -0.2) is 17.6 Å². The van der Waals surface area contributed by atoms with Crippen LogP contribution >= 0.6 is 0 Å². The smallest absolute Gasteiger partial charge is 0.305 e.